The van der Waals surface area contributed by atoms with Gasteiger partial charge in [0.2, 0.25) is 0 Å². The van der Waals surface area contributed by atoms with Gasteiger partial charge in [-0.3, -0.25) is 0 Å². The van der Waals surface area contributed by atoms with Gasteiger partial charge in [-0.05, 0) is 12.5 Å². The van der Waals surface area contributed by atoms with Crippen molar-refractivity contribution in [3.63, 3.8) is 0 Å². The molecule has 6 nitrogen and oxygen atoms in total. The van der Waals surface area contributed by atoms with Crippen LogP contribution in [0.5, 0.6) is 0 Å². The fourth-order valence-electron chi connectivity index (χ4n) is 1.75. The zero-order valence-corrected chi connectivity index (χ0v) is 12.0. The summed E-state index contributed by atoms with van der Waals surface area (Å²) in [6, 6.07) is 1.40. The van der Waals surface area contributed by atoms with Crippen molar-refractivity contribution in [2.24, 2.45) is 0 Å². The average molecular weight is 310 g/mol. The van der Waals surface area contributed by atoms with Crippen LogP contribution in [0.15, 0.2) is 15.7 Å². The summed E-state index contributed by atoms with van der Waals surface area (Å²) < 4.78 is 48.8. The Morgan fingerprint density at radius 3 is 2.61 bits per heavy atom. The van der Waals surface area contributed by atoms with E-state index in [0.29, 0.717) is 12.1 Å². The second-order valence-corrected chi connectivity index (χ2v) is 9.49. The molecule has 0 saturated carbocycles. The summed E-state index contributed by atoms with van der Waals surface area (Å²) in [6.45, 7) is 0.252. The first-order chi connectivity index (χ1) is 8.31. The SMILES string of the molecule is Nc1csc(S(=O)(=O)N2CCCS(=O)(=O)CC2)c1. The summed E-state index contributed by atoms with van der Waals surface area (Å²) in [5.74, 6) is -0.0707. The Balaban J connectivity index is 2.26. The Labute approximate surface area is 110 Å². The molecule has 0 spiro atoms. The van der Waals surface area contributed by atoms with E-state index in [-0.39, 0.29) is 28.8 Å². The summed E-state index contributed by atoms with van der Waals surface area (Å²) in [7, 11) is -6.72. The number of nitrogens with two attached hydrogens (primary N) is 1. The third kappa shape index (κ3) is 2.85. The van der Waals surface area contributed by atoms with E-state index in [1.54, 1.807) is 5.38 Å². The fraction of sp³-hybridized carbons (Fsp3) is 0.556. The van der Waals surface area contributed by atoms with Crippen LogP contribution in [-0.2, 0) is 19.9 Å². The van der Waals surface area contributed by atoms with Gasteiger partial charge in [0.15, 0.2) is 9.84 Å². The normalized spacial score (nSPS) is 21.6. The Morgan fingerprint density at radius 1 is 1.28 bits per heavy atom. The number of rotatable bonds is 2. The molecule has 2 N–H and O–H groups in total. The second-order valence-electron chi connectivity index (χ2n) is 4.11. The number of anilines is 1. The minimum atomic E-state index is -3.61. The molecule has 0 atom stereocenters. The molecule has 9 heteroatoms. The van der Waals surface area contributed by atoms with Gasteiger partial charge < -0.3 is 5.73 Å². The van der Waals surface area contributed by atoms with Crippen molar-refractivity contribution >= 4 is 36.9 Å². The standard InChI is InChI=1S/C9H14N2O4S3/c10-8-6-9(16-7-8)18(14,15)11-2-1-4-17(12,13)5-3-11/h6-7H,1-5,10H2. The van der Waals surface area contributed by atoms with Crippen molar-refractivity contribution in [3.05, 3.63) is 11.4 Å². The summed E-state index contributed by atoms with van der Waals surface area (Å²) in [5, 5.41) is 1.56. The molecule has 0 bridgehead atoms. The van der Waals surface area contributed by atoms with Gasteiger partial charge in [0.05, 0.1) is 11.5 Å². The fourth-order valence-corrected chi connectivity index (χ4v) is 5.85. The molecular formula is C9H14N2O4S3. The van der Waals surface area contributed by atoms with Crippen LogP contribution in [0.3, 0.4) is 0 Å². The average Bonchev–Trinajstić information content (AvgIpc) is 2.61. The molecule has 1 aliphatic rings. The lowest BCUT2D eigenvalue weighted by Crippen LogP contribution is -2.33. The lowest BCUT2D eigenvalue weighted by Gasteiger charge is -2.17. The summed E-state index contributed by atoms with van der Waals surface area (Å²) in [4.78, 5) is 0. The van der Waals surface area contributed by atoms with Crippen LogP contribution in [0, 0.1) is 0 Å². The van der Waals surface area contributed by atoms with E-state index in [4.69, 9.17) is 5.73 Å². The van der Waals surface area contributed by atoms with Gasteiger partial charge in [-0.15, -0.1) is 11.3 Å². The van der Waals surface area contributed by atoms with Gasteiger partial charge in [-0.25, -0.2) is 16.8 Å². The molecule has 1 aromatic rings. The quantitative estimate of drug-likeness (QED) is 0.838. The van der Waals surface area contributed by atoms with Crippen molar-refractivity contribution < 1.29 is 16.8 Å². The zero-order chi connectivity index (χ0) is 13.4. The molecule has 1 fully saturated rings. The number of sulfone groups is 1. The second kappa shape index (κ2) is 4.80. The summed E-state index contributed by atoms with van der Waals surface area (Å²) in [5.41, 5.74) is 5.91. The number of sulfonamides is 1. The van der Waals surface area contributed by atoms with E-state index in [1.165, 1.54) is 10.4 Å². The van der Waals surface area contributed by atoms with Gasteiger partial charge in [0, 0.05) is 24.2 Å². The minimum Gasteiger partial charge on any atom is -0.398 e. The van der Waals surface area contributed by atoms with Gasteiger partial charge in [-0.1, -0.05) is 0 Å². The summed E-state index contributed by atoms with van der Waals surface area (Å²) >= 11 is 1.05. The summed E-state index contributed by atoms with van der Waals surface area (Å²) in [6.07, 6.45) is 0.336. The van der Waals surface area contributed by atoms with Crippen molar-refractivity contribution in [2.45, 2.75) is 10.6 Å². The van der Waals surface area contributed by atoms with E-state index in [0.717, 1.165) is 11.3 Å². The van der Waals surface area contributed by atoms with Crippen LogP contribution >= 0.6 is 11.3 Å². The molecule has 0 aromatic carbocycles. The van der Waals surface area contributed by atoms with E-state index in [9.17, 15) is 16.8 Å². The monoisotopic (exact) mass is 310 g/mol. The number of nitrogens with zero attached hydrogens (tertiary/aromatic N) is 1. The molecule has 0 radical (unpaired) electrons. The predicted molar refractivity (Wildman–Crippen MR) is 70.8 cm³/mol. The number of hydrogen-bond acceptors (Lipinski definition) is 6. The first kappa shape index (κ1) is 13.8. The van der Waals surface area contributed by atoms with Crippen LogP contribution in [0.25, 0.3) is 0 Å². The van der Waals surface area contributed by atoms with E-state index in [2.05, 4.69) is 0 Å². The first-order valence-corrected chi connectivity index (χ1v) is 9.50. The molecule has 102 valence electrons. The molecule has 2 rings (SSSR count). The lowest BCUT2D eigenvalue weighted by atomic mass is 10.5. The van der Waals surface area contributed by atoms with Crippen molar-refractivity contribution in [1.29, 1.82) is 0 Å². The van der Waals surface area contributed by atoms with Gasteiger partial charge in [0.25, 0.3) is 10.0 Å². The van der Waals surface area contributed by atoms with Crippen molar-refractivity contribution in [1.82, 2.24) is 4.31 Å². The maximum absolute atomic E-state index is 12.3. The Hall–Kier alpha value is -0.640. The number of hydrogen-bond donors (Lipinski definition) is 1. The molecule has 0 unspecified atom stereocenters. The topological polar surface area (TPSA) is 97.5 Å². The lowest BCUT2D eigenvalue weighted by molar-refractivity contribution is 0.436. The number of nitrogen functional groups attached to an aromatic ring is 1. The third-order valence-electron chi connectivity index (χ3n) is 2.70. The molecule has 1 aliphatic heterocycles. The molecule has 2 heterocycles. The highest BCUT2D eigenvalue weighted by Gasteiger charge is 2.29. The van der Waals surface area contributed by atoms with Crippen LogP contribution in [0.1, 0.15) is 6.42 Å². The maximum Gasteiger partial charge on any atom is 0.252 e. The van der Waals surface area contributed by atoms with Gasteiger partial charge in [-0.2, -0.15) is 4.31 Å². The Kier molecular flexibility index (Phi) is 3.67. The van der Waals surface area contributed by atoms with E-state index >= 15 is 0 Å². The van der Waals surface area contributed by atoms with Gasteiger partial charge >= 0.3 is 0 Å². The highest BCUT2D eigenvalue weighted by molar-refractivity contribution is 7.92. The van der Waals surface area contributed by atoms with Crippen LogP contribution < -0.4 is 5.73 Å². The van der Waals surface area contributed by atoms with Crippen molar-refractivity contribution in [2.75, 3.05) is 30.3 Å². The molecule has 1 aromatic heterocycles. The van der Waals surface area contributed by atoms with Crippen molar-refractivity contribution in [3.8, 4) is 0 Å². The van der Waals surface area contributed by atoms with Crippen LogP contribution in [0.2, 0.25) is 0 Å². The molecule has 0 aliphatic carbocycles. The van der Waals surface area contributed by atoms with E-state index < -0.39 is 19.9 Å². The number of thiophene rings is 1. The largest absolute Gasteiger partial charge is 0.398 e. The van der Waals surface area contributed by atoms with Crippen LogP contribution in [0.4, 0.5) is 5.69 Å². The van der Waals surface area contributed by atoms with Crippen LogP contribution in [-0.4, -0.2) is 45.7 Å². The maximum atomic E-state index is 12.3. The zero-order valence-electron chi connectivity index (χ0n) is 9.57. The Morgan fingerprint density at radius 2 is 2.00 bits per heavy atom. The third-order valence-corrected chi connectivity index (χ3v) is 7.75. The van der Waals surface area contributed by atoms with E-state index in [1.807, 2.05) is 0 Å². The molecular weight excluding hydrogens is 296 g/mol. The molecule has 18 heavy (non-hydrogen) atoms. The Bertz CT molecular complexity index is 633. The molecule has 1 saturated heterocycles. The highest BCUT2D eigenvalue weighted by atomic mass is 32.2. The predicted octanol–water partition coefficient (Wildman–Crippen LogP) is 0.140. The van der Waals surface area contributed by atoms with Gasteiger partial charge in [0.1, 0.15) is 4.21 Å². The highest BCUT2D eigenvalue weighted by Crippen LogP contribution is 2.26. The molecule has 0 amide bonds. The minimum absolute atomic E-state index is 0.0163. The first-order valence-electron chi connectivity index (χ1n) is 5.36. The smallest absolute Gasteiger partial charge is 0.252 e.